The van der Waals surface area contributed by atoms with E-state index in [0.717, 1.165) is 17.8 Å². The molecule has 1 aliphatic heterocycles. The van der Waals surface area contributed by atoms with E-state index >= 15 is 0 Å². The molecular weight excluding hydrogens is 280 g/mol. The molecule has 1 unspecified atom stereocenters. The quantitative estimate of drug-likeness (QED) is 0.904. The van der Waals surface area contributed by atoms with Gasteiger partial charge in [0, 0.05) is 10.6 Å². The molecule has 1 aromatic heterocycles. The Hall–Kier alpha value is -1.65. The van der Waals surface area contributed by atoms with Crippen LogP contribution in [-0.4, -0.2) is 12.5 Å². The van der Waals surface area contributed by atoms with Crippen LogP contribution in [0.3, 0.4) is 0 Å². The molecule has 0 aliphatic carbocycles. The minimum absolute atomic E-state index is 0.0748. The van der Waals surface area contributed by atoms with Gasteiger partial charge in [-0.2, -0.15) is 0 Å². The van der Waals surface area contributed by atoms with E-state index in [2.05, 4.69) is 47.2 Å². The van der Waals surface area contributed by atoms with Crippen LogP contribution in [0, 0.1) is 0 Å². The molecule has 1 aliphatic rings. The number of carbonyl (C=O) groups excluding carboxylic acids is 1. The van der Waals surface area contributed by atoms with Crippen molar-refractivity contribution in [3.05, 3.63) is 51.7 Å². The standard InChI is InChI=1S/C17H20N2OS/c1-4-18-15(14-6-5-9-21-14)11-7-8-13-12(10-11)17(2,3)16(20)19-13/h5-10,15,18H,4H2,1-3H3,(H,19,20). The zero-order valence-electron chi connectivity index (χ0n) is 12.6. The van der Waals surface area contributed by atoms with Gasteiger partial charge in [-0.1, -0.05) is 25.1 Å². The molecule has 2 heterocycles. The van der Waals surface area contributed by atoms with E-state index in [9.17, 15) is 4.79 Å². The highest BCUT2D eigenvalue weighted by atomic mass is 32.1. The number of benzene rings is 1. The average Bonchev–Trinajstić information content (AvgIpc) is 3.05. The smallest absolute Gasteiger partial charge is 0.234 e. The van der Waals surface area contributed by atoms with Crippen molar-refractivity contribution >= 4 is 22.9 Å². The normalized spacial score (nSPS) is 17.4. The zero-order chi connectivity index (χ0) is 15.0. The molecule has 0 saturated carbocycles. The highest BCUT2D eigenvalue weighted by molar-refractivity contribution is 7.10. The van der Waals surface area contributed by atoms with Crippen LogP contribution in [0.2, 0.25) is 0 Å². The minimum Gasteiger partial charge on any atom is -0.325 e. The van der Waals surface area contributed by atoms with E-state index in [1.54, 1.807) is 11.3 Å². The Labute approximate surface area is 129 Å². The second-order valence-corrected chi connectivity index (χ2v) is 6.87. The third-order valence-electron chi connectivity index (χ3n) is 4.10. The van der Waals surface area contributed by atoms with Gasteiger partial charge in [-0.05, 0) is 49.0 Å². The van der Waals surface area contributed by atoms with Gasteiger partial charge >= 0.3 is 0 Å². The Kier molecular flexibility index (Phi) is 3.59. The Balaban J connectivity index is 2.04. The van der Waals surface area contributed by atoms with E-state index < -0.39 is 5.41 Å². The maximum absolute atomic E-state index is 12.1. The van der Waals surface area contributed by atoms with Crippen LogP contribution in [0.1, 0.15) is 42.8 Å². The monoisotopic (exact) mass is 300 g/mol. The molecule has 3 rings (SSSR count). The molecule has 1 amide bonds. The molecule has 2 N–H and O–H groups in total. The first-order valence-electron chi connectivity index (χ1n) is 7.26. The molecule has 2 aromatic rings. The fourth-order valence-electron chi connectivity index (χ4n) is 2.81. The third kappa shape index (κ3) is 2.39. The van der Waals surface area contributed by atoms with Crippen molar-refractivity contribution in [2.75, 3.05) is 11.9 Å². The first-order valence-corrected chi connectivity index (χ1v) is 8.14. The predicted molar refractivity (Wildman–Crippen MR) is 87.9 cm³/mol. The molecular formula is C17H20N2OS. The number of fused-ring (bicyclic) bond motifs is 1. The van der Waals surface area contributed by atoms with E-state index in [1.165, 1.54) is 10.4 Å². The number of amides is 1. The van der Waals surface area contributed by atoms with E-state index in [-0.39, 0.29) is 11.9 Å². The Morgan fingerprint density at radius 3 is 2.81 bits per heavy atom. The van der Waals surface area contributed by atoms with E-state index in [1.807, 2.05) is 19.9 Å². The van der Waals surface area contributed by atoms with Gasteiger partial charge in [-0.15, -0.1) is 11.3 Å². The molecule has 0 bridgehead atoms. The van der Waals surface area contributed by atoms with Crippen LogP contribution in [0.25, 0.3) is 0 Å². The lowest BCUT2D eigenvalue weighted by molar-refractivity contribution is -0.119. The summed E-state index contributed by atoms with van der Waals surface area (Å²) in [7, 11) is 0. The number of rotatable bonds is 4. The molecule has 21 heavy (non-hydrogen) atoms. The Morgan fingerprint density at radius 2 is 2.14 bits per heavy atom. The summed E-state index contributed by atoms with van der Waals surface area (Å²) in [4.78, 5) is 13.4. The van der Waals surface area contributed by atoms with Crippen molar-refractivity contribution in [3.63, 3.8) is 0 Å². The molecule has 4 heteroatoms. The summed E-state index contributed by atoms with van der Waals surface area (Å²) >= 11 is 1.75. The van der Waals surface area contributed by atoms with Gasteiger partial charge < -0.3 is 10.6 Å². The molecule has 0 spiro atoms. The maximum Gasteiger partial charge on any atom is 0.234 e. The van der Waals surface area contributed by atoms with Crippen molar-refractivity contribution in [1.82, 2.24) is 5.32 Å². The fourth-order valence-corrected chi connectivity index (χ4v) is 3.64. The van der Waals surface area contributed by atoms with Crippen LogP contribution in [0.15, 0.2) is 35.7 Å². The summed E-state index contributed by atoms with van der Waals surface area (Å²) in [5.41, 5.74) is 2.78. The average molecular weight is 300 g/mol. The number of hydrogen-bond donors (Lipinski definition) is 2. The van der Waals surface area contributed by atoms with Crippen molar-refractivity contribution in [3.8, 4) is 0 Å². The van der Waals surface area contributed by atoms with Crippen LogP contribution < -0.4 is 10.6 Å². The van der Waals surface area contributed by atoms with Crippen LogP contribution >= 0.6 is 11.3 Å². The van der Waals surface area contributed by atoms with Gasteiger partial charge in [0.1, 0.15) is 0 Å². The summed E-state index contributed by atoms with van der Waals surface area (Å²) in [6, 6.07) is 10.7. The first-order chi connectivity index (χ1) is 10.0. The summed E-state index contributed by atoms with van der Waals surface area (Å²) in [5.74, 6) is 0.0748. The van der Waals surface area contributed by atoms with Crippen molar-refractivity contribution < 1.29 is 4.79 Å². The predicted octanol–water partition coefficient (Wildman–Crippen LogP) is 3.68. The van der Waals surface area contributed by atoms with Crippen LogP contribution in [-0.2, 0) is 10.2 Å². The maximum atomic E-state index is 12.1. The minimum atomic E-state index is -0.461. The first kappa shape index (κ1) is 14.3. The van der Waals surface area contributed by atoms with Gasteiger partial charge in [0.2, 0.25) is 5.91 Å². The largest absolute Gasteiger partial charge is 0.325 e. The van der Waals surface area contributed by atoms with Crippen LogP contribution in [0.4, 0.5) is 5.69 Å². The summed E-state index contributed by atoms with van der Waals surface area (Å²) in [6.07, 6.45) is 0. The Morgan fingerprint density at radius 1 is 1.33 bits per heavy atom. The molecule has 0 saturated heterocycles. The van der Waals surface area contributed by atoms with E-state index in [0.29, 0.717) is 0 Å². The van der Waals surface area contributed by atoms with Crippen molar-refractivity contribution in [1.29, 1.82) is 0 Å². The van der Waals surface area contributed by atoms with Crippen molar-refractivity contribution in [2.24, 2.45) is 0 Å². The van der Waals surface area contributed by atoms with Gasteiger partial charge in [0.05, 0.1) is 11.5 Å². The number of thiophene rings is 1. The van der Waals surface area contributed by atoms with Crippen LogP contribution in [0.5, 0.6) is 0 Å². The van der Waals surface area contributed by atoms with Gasteiger partial charge in [0.15, 0.2) is 0 Å². The van der Waals surface area contributed by atoms with Gasteiger partial charge in [-0.3, -0.25) is 4.79 Å². The Bertz CT molecular complexity index is 661. The second kappa shape index (κ2) is 5.28. The molecule has 110 valence electrons. The summed E-state index contributed by atoms with van der Waals surface area (Å²) in [6.45, 7) is 6.97. The molecule has 3 nitrogen and oxygen atoms in total. The number of hydrogen-bond acceptors (Lipinski definition) is 3. The van der Waals surface area contributed by atoms with Gasteiger partial charge in [0.25, 0.3) is 0 Å². The molecule has 1 atom stereocenters. The number of carbonyl (C=O) groups is 1. The fraction of sp³-hybridized carbons (Fsp3) is 0.353. The number of anilines is 1. The lowest BCUT2D eigenvalue weighted by atomic mass is 9.84. The van der Waals surface area contributed by atoms with E-state index in [4.69, 9.17) is 0 Å². The molecule has 0 radical (unpaired) electrons. The molecule has 0 fully saturated rings. The lowest BCUT2D eigenvalue weighted by Gasteiger charge is -2.20. The van der Waals surface area contributed by atoms with Crippen molar-refractivity contribution in [2.45, 2.75) is 32.2 Å². The topological polar surface area (TPSA) is 41.1 Å². The summed E-state index contributed by atoms with van der Waals surface area (Å²) in [5, 5.41) is 8.60. The SMILES string of the molecule is CCNC(c1ccc2c(c1)C(C)(C)C(=O)N2)c1cccs1. The second-order valence-electron chi connectivity index (χ2n) is 5.89. The third-order valence-corrected chi connectivity index (χ3v) is 5.04. The zero-order valence-corrected chi connectivity index (χ0v) is 13.4. The van der Waals surface area contributed by atoms with Gasteiger partial charge in [-0.25, -0.2) is 0 Å². The highest BCUT2D eigenvalue weighted by Gasteiger charge is 2.38. The summed E-state index contributed by atoms with van der Waals surface area (Å²) < 4.78 is 0. The lowest BCUT2D eigenvalue weighted by Crippen LogP contribution is -2.27. The molecule has 1 aromatic carbocycles. The number of nitrogens with one attached hydrogen (secondary N) is 2. The highest BCUT2D eigenvalue weighted by Crippen LogP contribution is 2.39.